The Labute approximate surface area is 65.7 Å². The molecule has 0 aliphatic rings. The summed E-state index contributed by atoms with van der Waals surface area (Å²) < 4.78 is 29.3. The molecule has 0 aliphatic heterocycles. The van der Waals surface area contributed by atoms with Crippen molar-refractivity contribution in [3.8, 4) is 0 Å². The number of halogens is 2. The van der Waals surface area contributed by atoms with Gasteiger partial charge in [-0.3, -0.25) is 0 Å². The first-order valence-corrected chi connectivity index (χ1v) is 3.56. The number of hydrogen-bond acceptors (Lipinski definition) is 2. The highest BCUT2D eigenvalue weighted by Crippen LogP contribution is 2.20. The van der Waals surface area contributed by atoms with Crippen LogP contribution >= 0.6 is 0 Å². The zero-order valence-corrected chi connectivity index (χ0v) is 7.10. The maximum absolute atomic E-state index is 12.2. The summed E-state index contributed by atoms with van der Waals surface area (Å²) in [6.07, 6.45) is -2.64. The first kappa shape index (κ1) is 10.8. The molecule has 4 heteroatoms. The van der Waals surface area contributed by atoms with E-state index in [0.29, 0.717) is 6.42 Å². The van der Waals surface area contributed by atoms with Gasteiger partial charge in [0.05, 0.1) is 6.10 Å². The highest BCUT2D eigenvalue weighted by atomic mass is 19.3. The summed E-state index contributed by atoms with van der Waals surface area (Å²) >= 11 is 0. The third kappa shape index (κ3) is 2.38. The molecule has 0 aliphatic carbocycles. The molecule has 0 radical (unpaired) electrons. The smallest absolute Gasteiger partial charge is 0.258 e. The zero-order chi connectivity index (χ0) is 9.07. The highest BCUT2D eigenvalue weighted by Gasteiger charge is 2.38. The lowest BCUT2D eigenvalue weighted by Gasteiger charge is -2.31. The second-order valence-electron chi connectivity index (χ2n) is 2.80. The van der Waals surface area contributed by atoms with Crippen LogP contribution in [0.25, 0.3) is 0 Å². The minimum Gasteiger partial charge on any atom is -0.379 e. The van der Waals surface area contributed by atoms with Gasteiger partial charge in [0.2, 0.25) is 0 Å². The number of rotatable bonds is 4. The van der Waals surface area contributed by atoms with Gasteiger partial charge in [-0.1, -0.05) is 6.92 Å². The van der Waals surface area contributed by atoms with Crippen molar-refractivity contribution in [1.82, 2.24) is 0 Å². The van der Waals surface area contributed by atoms with E-state index in [1.165, 1.54) is 14.0 Å². The van der Waals surface area contributed by atoms with Gasteiger partial charge in [0.1, 0.15) is 5.54 Å². The van der Waals surface area contributed by atoms with E-state index in [0.717, 1.165) is 0 Å². The zero-order valence-electron chi connectivity index (χ0n) is 7.10. The quantitative estimate of drug-likeness (QED) is 0.686. The summed E-state index contributed by atoms with van der Waals surface area (Å²) in [5.74, 6) is 0. The molecule has 0 rings (SSSR count). The van der Waals surface area contributed by atoms with Crippen molar-refractivity contribution in [3.63, 3.8) is 0 Å². The fraction of sp³-hybridized carbons (Fsp3) is 1.00. The lowest BCUT2D eigenvalue weighted by molar-refractivity contribution is -0.0428. The van der Waals surface area contributed by atoms with E-state index in [4.69, 9.17) is 10.5 Å². The van der Waals surface area contributed by atoms with Crippen molar-refractivity contribution < 1.29 is 13.5 Å². The molecule has 0 fully saturated rings. The van der Waals surface area contributed by atoms with Crippen LogP contribution < -0.4 is 5.73 Å². The van der Waals surface area contributed by atoms with Crippen LogP contribution in [0.3, 0.4) is 0 Å². The average Bonchev–Trinajstić information content (AvgIpc) is 1.89. The van der Waals surface area contributed by atoms with Gasteiger partial charge >= 0.3 is 0 Å². The Hall–Kier alpha value is -0.220. The Morgan fingerprint density at radius 1 is 1.55 bits per heavy atom. The van der Waals surface area contributed by atoms with Gasteiger partial charge in [0, 0.05) is 7.11 Å². The van der Waals surface area contributed by atoms with Gasteiger partial charge in [0.25, 0.3) is 6.43 Å². The summed E-state index contributed by atoms with van der Waals surface area (Å²) in [5, 5.41) is 0. The summed E-state index contributed by atoms with van der Waals surface area (Å²) in [6, 6.07) is 0. The van der Waals surface area contributed by atoms with Gasteiger partial charge in [-0.25, -0.2) is 8.78 Å². The largest absolute Gasteiger partial charge is 0.379 e. The Balaban J connectivity index is 4.24. The summed E-state index contributed by atoms with van der Waals surface area (Å²) in [6.45, 7) is 3.07. The van der Waals surface area contributed by atoms with Crippen LogP contribution in [-0.4, -0.2) is 25.2 Å². The first-order chi connectivity index (χ1) is 4.96. The van der Waals surface area contributed by atoms with Crippen LogP contribution in [-0.2, 0) is 4.74 Å². The Bertz CT molecular complexity index is 113. The number of alkyl halides is 2. The molecule has 0 saturated carbocycles. The maximum Gasteiger partial charge on any atom is 0.258 e. The Kier molecular flexibility index (Phi) is 3.89. The van der Waals surface area contributed by atoms with Crippen LogP contribution in [0.15, 0.2) is 0 Å². The lowest BCUT2D eigenvalue weighted by Crippen LogP contribution is -2.54. The molecule has 68 valence electrons. The number of ether oxygens (including phenoxy) is 1. The van der Waals surface area contributed by atoms with E-state index in [9.17, 15) is 8.78 Å². The molecule has 2 nitrogen and oxygen atoms in total. The summed E-state index contributed by atoms with van der Waals surface area (Å²) in [5.41, 5.74) is 3.81. The minimum absolute atomic E-state index is 0.494. The molecule has 0 saturated heterocycles. The Morgan fingerprint density at radius 2 is 2.00 bits per heavy atom. The molecule has 0 aromatic carbocycles. The highest BCUT2D eigenvalue weighted by molar-refractivity contribution is 4.89. The number of methoxy groups -OCH3 is 1. The lowest BCUT2D eigenvalue weighted by atomic mass is 9.94. The van der Waals surface area contributed by atoms with Gasteiger partial charge in [-0.15, -0.1) is 0 Å². The number of hydrogen-bond donors (Lipinski definition) is 1. The maximum atomic E-state index is 12.2. The molecule has 2 atom stereocenters. The van der Waals surface area contributed by atoms with Gasteiger partial charge in [-0.05, 0) is 13.3 Å². The predicted molar refractivity (Wildman–Crippen MR) is 39.7 cm³/mol. The van der Waals surface area contributed by atoms with Crippen LogP contribution in [0.4, 0.5) is 8.78 Å². The molecular formula is C7H15F2NO. The summed E-state index contributed by atoms with van der Waals surface area (Å²) in [4.78, 5) is 0. The van der Waals surface area contributed by atoms with Gasteiger partial charge in [-0.2, -0.15) is 0 Å². The molecule has 0 heterocycles. The second-order valence-corrected chi connectivity index (χ2v) is 2.80. The standard InChI is InChI=1S/C7H15F2NO/c1-4-5(11-3)7(2,10)6(8)9/h5-6H,4,10H2,1-3H3. The minimum atomic E-state index is -2.55. The fourth-order valence-electron chi connectivity index (χ4n) is 1.00. The number of nitrogens with two attached hydrogens (primary N) is 1. The molecule has 2 unspecified atom stereocenters. The van der Waals surface area contributed by atoms with Crippen LogP contribution in [0.1, 0.15) is 20.3 Å². The van der Waals surface area contributed by atoms with Crippen LogP contribution in [0.2, 0.25) is 0 Å². The topological polar surface area (TPSA) is 35.2 Å². The van der Waals surface area contributed by atoms with E-state index in [1.807, 2.05) is 0 Å². The van der Waals surface area contributed by atoms with Crippen molar-refractivity contribution in [2.24, 2.45) is 5.73 Å². The van der Waals surface area contributed by atoms with Crippen molar-refractivity contribution in [2.45, 2.75) is 38.3 Å². The average molecular weight is 167 g/mol. The first-order valence-electron chi connectivity index (χ1n) is 3.56. The summed E-state index contributed by atoms with van der Waals surface area (Å²) in [7, 11) is 1.39. The molecule has 0 aromatic heterocycles. The molecule has 0 bridgehead atoms. The van der Waals surface area contributed by atoms with E-state index in [1.54, 1.807) is 6.92 Å². The van der Waals surface area contributed by atoms with Crippen molar-refractivity contribution in [1.29, 1.82) is 0 Å². The molecule has 0 spiro atoms. The third-order valence-corrected chi connectivity index (χ3v) is 1.82. The van der Waals surface area contributed by atoms with E-state index < -0.39 is 18.1 Å². The predicted octanol–water partition coefficient (Wildman–Crippen LogP) is 1.39. The molecule has 11 heavy (non-hydrogen) atoms. The van der Waals surface area contributed by atoms with E-state index in [-0.39, 0.29) is 0 Å². The van der Waals surface area contributed by atoms with E-state index in [2.05, 4.69) is 0 Å². The van der Waals surface area contributed by atoms with Gasteiger partial charge < -0.3 is 10.5 Å². The van der Waals surface area contributed by atoms with Crippen LogP contribution in [0, 0.1) is 0 Å². The molecule has 0 amide bonds. The monoisotopic (exact) mass is 167 g/mol. The third-order valence-electron chi connectivity index (χ3n) is 1.82. The van der Waals surface area contributed by atoms with Gasteiger partial charge in [0.15, 0.2) is 0 Å². The second kappa shape index (κ2) is 3.97. The molecule has 0 aromatic rings. The Morgan fingerprint density at radius 3 is 2.09 bits per heavy atom. The fourth-order valence-corrected chi connectivity index (χ4v) is 1.00. The van der Waals surface area contributed by atoms with E-state index >= 15 is 0 Å². The van der Waals surface area contributed by atoms with Crippen molar-refractivity contribution in [2.75, 3.05) is 7.11 Å². The van der Waals surface area contributed by atoms with Crippen molar-refractivity contribution in [3.05, 3.63) is 0 Å². The molecule has 2 N–H and O–H groups in total. The SMILES string of the molecule is CCC(OC)C(C)(N)C(F)F. The van der Waals surface area contributed by atoms with Crippen LogP contribution in [0.5, 0.6) is 0 Å². The normalized spacial score (nSPS) is 19.9. The van der Waals surface area contributed by atoms with Crippen molar-refractivity contribution >= 4 is 0 Å². The molecular weight excluding hydrogens is 152 g/mol.